The number of rotatable bonds is 4. The number of sulfonamides is 1. The number of halogens is 2. The summed E-state index contributed by atoms with van der Waals surface area (Å²) in [6, 6.07) is 11.2. The summed E-state index contributed by atoms with van der Waals surface area (Å²) < 4.78 is 28.6. The maximum Gasteiger partial charge on any atom is 0.261 e. The smallest absolute Gasteiger partial charge is 0.261 e. The fourth-order valence-electron chi connectivity index (χ4n) is 1.57. The van der Waals surface area contributed by atoms with Gasteiger partial charge in [0, 0.05) is 14.5 Å². The summed E-state index contributed by atoms with van der Waals surface area (Å²) in [7, 11) is -3.67. The average molecular weight is 450 g/mol. The third-order valence-corrected chi connectivity index (χ3v) is 5.39. The average Bonchev–Trinajstić information content (AvgIpc) is 2.42. The summed E-state index contributed by atoms with van der Waals surface area (Å²) in [5, 5.41) is 0. The van der Waals surface area contributed by atoms with E-state index in [-0.39, 0.29) is 9.88 Å². The van der Waals surface area contributed by atoms with Crippen LogP contribution in [-0.4, -0.2) is 13.4 Å². The number of benzene rings is 2. The molecule has 0 amide bonds. The molecule has 0 spiro atoms. The Balaban J connectivity index is 2.31. The Labute approximate surface area is 145 Å². The van der Waals surface area contributed by atoms with Crippen LogP contribution in [0.4, 0.5) is 5.69 Å². The maximum absolute atomic E-state index is 12.3. The molecule has 2 aromatic carbocycles. The molecule has 21 heavy (non-hydrogen) atoms. The molecule has 0 atom stereocenters. The Morgan fingerprint density at radius 1 is 1.10 bits per heavy atom. The first-order valence-corrected chi connectivity index (χ1v) is 9.15. The second kappa shape index (κ2) is 6.43. The zero-order valence-electron chi connectivity index (χ0n) is 10.5. The van der Waals surface area contributed by atoms with Gasteiger partial charge in [-0.3, -0.25) is 4.72 Å². The second-order valence-corrected chi connectivity index (χ2v) is 8.01. The molecular weight excluding hydrogens is 440 g/mol. The van der Waals surface area contributed by atoms with Gasteiger partial charge < -0.3 is 5.73 Å². The van der Waals surface area contributed by atoms with E-state index in [9.17, 15) is 8.42 Å². The lowest BCUT2D eigenvalue weighted by atomic mass is 10.2. The van der Waals surface area contributed by atoms with Gasteiger partial charge in [-0.2, -0.15) is 0 Å². The highest BCUT2D eigenvalue weighted by Crippen LogP contribution is 2.28. The minimum Gasteiger partial charge on any atom is -0.389 e. The third-order valence-electron chi connectivity index (χ3n) is 2.62. The van der Waals surface area contributed by atoms with Crippen LogP contribution in [0, 0.1) is 0 Å². The summed E-state index contributed by atoms with van der Waals surface area (Å²) >= 11 is 11.5. The van der Waals surface area contributed by atoms with Crippen molar-refractivity contribution in [1.82, 2.24) is 0 Å². The first kappa shape index (κ1) is 16.4. The molecule has 2 rings (SSSR count). The summed E-state index contributed by atoms with van der Waals surface area (Å²) in [6.45, 7) is 0. The fourth-order valence-corrected chi connectivity index (χ4v) is 4.07. The summed E-state index contributed by atoms with van der Waals surface area (Å²) in [6.07, 6.45) is 0. The van der Waals surface area contributed by atoms with E-state index in [0.717, 1.165) is 4.47 Å². The molecule has 0 radical (unpaired) electrons. The molecule has 3 N–H and O–H groups in total. The van der Waals surface area contributed by atoms with Crippen LogP contribution >= 0.6 is 44.1 Å². The van der Waals surface area contributed by atoms with E-state index in [1.165, 1.54) is 12.1 Å². The minimum absolute atomic E-state index is 0.136. The third kappa shape index (κ3) is 4.03. The van der Waals surface area contributed by atoms with Crippen molar-refractivity contribution in [3.05, 3.63) is 57.0 Å². The van der Waals surface area contributed by atoms with Crippen molar-refractivity contribution in [3.8, 4) is 0 Å². The van der Waals surface area contributed by atoms with Crippen LogP contribution in [0.2, 0.25) is 0 Å². The van der Waals surface area contributed by atoms with Gasteiger partial charge in [-0.25, -0.2) is 8.42 Å². The zero-order chi connectivity index (χ0) is 15.6. The summed E-state index contributed by atoms with van der Waals surface area (Å²) in [5.74, 6) is 0. The van der Waals surface area contributed by atoms with Crippen LogP contribution in [0.3, 0.4) is 0 Å². The quantitative estimate of drug-likeness (QED) is 0.698. The van der Waals surface area contributed by atoms with Gasteiger partial charge in [0.15, 0.2) is 0 Å². The van der Waals surface area contributed by atoms with Crippen LogP contribution < -0.4 is 10.5 Å². The largest absolute Gasteiger partial charge is 0.389 e. The van der Waals surface area contributed by atoms with E-state index in [0.29, 0.717) is 15.7 Å². The molecule has 0 heterocycles. The van der Waals surface area contributed by atoms with E-state index in [1.807, 2.05) is 0 Å². The lowest BCUT2D eigenvalue weighted by Crippen LogP contribution is -2.14. The van der Waals surface area contributed by atoms with Crippen molar-refractivity contribution < 1.29 is 8.42 Å². The predicted octanol–water partition coefficient (Wildman–Crippen LogP) is 3.65. The van der Waals surface area contributed by atoms with Gasteiger partial charge in [0.05, 0.1) is 10.6 Å². The molecule has 8 heteroatoms. The lowest BCUT2D eigenvalue weighted by Gasteiger charge is -2.10. The minimum atomic E-state index is -3.67. The maximum atomic E-state index is 12.3. The highest BCUT2D eigenvalue weighted by molar-refractivity contribution is 9.11. The van der Waals surface area contributed by atoms with Gasteiger partial charge in [-0.1, -0.05) is 40.3 Å². The molecule has 0 unspecified atom stereocenters. The number of hydrogen-bond donors (Lipinski definition) is 2. The van der Waals surface area contributed by atoms with E-state index >= 15 is 0 Å². The Kier molecular flexibility index (Phi) is 5.03. The lowest BCUT2D eigenvalue weighted by molar-refractivity contribution is 0.601. The molecule has 110 valence electrons. The topological polar surface area (TPSA) is 72.2 Å². The first-order chi connectivity index (χ1) is 9.79. The van der Waals surface area contributed by atoms with Gasteiger partial charge >= 0.3 is 0 Å². The Morgan fingerprint density at radius 3 is 2.24 bits per heavy atom. The van der Waals surface area contributed by atoms with Crippen molar-refractivity contribution >= 4 is 64.8 Å². The van der Waals surface area contributed by atoms with Crippen LogP contribution in [0.5, 0.6) is 0 Å². The van der Waals surface area contributed by atoms with Gasteiger partial charge in [-0.05, 0) is 46.3 Å². The van der Waals surface area contributed by atoms with Crippen LogP contribution in [-0.2, 0) is 10.0 Å². The molecule has 0 bridgehead atoms. The summed E-state index contributed by atoms with van der Waals surface area (Å²) in [5.41, 5.74) is 6.56. The normalized spacial score (nSPS) is 11.1. The molecule has 0 saturated carbocycles. The Hall–Kier alpha value is -0.960. The highest BCUT2D eigenvalue weighted by atomic mass is 79.9. The number of nitrogens with one attached hydrogen (secondary N) is 1. The van der Waals surface area contributed by atoms with E-state index in [1.54, 1.807) is 30.3 Å². The van der Waals surface area contributed by atoms with Crippen molar-refractivity contribution in [2.75, 3.05) is 4.72 Å². The molecule has 0 aliphatic carbocycles. The van der Waals surface area contributed by atoms with Crippen molar-refractivity contribution in [3.63, 3.8) is 0 Å². The fraction of sp³-hybridized carbons (Fsp3) is 0. The molecule has 4 nitrogen and oxygen atoms in total. The molecule has 0 aromatic heterocycles. The Bertz CT molecular complexity index is 790. The van der Waals surface area contributed by atoms with E-state index in [4.69, 9.17) is 18.0 Å². The molecule has 0 aliphatic heterocycles. The van der Waals surface area contributed by atoms with Gasteiger partial charge in [0.2, 0.25) is 0 Å². The summed E-state index contributed by atoms with van der Waals surface area (Å²) in [4.78, 5) is 0.361. The van der Waals surface area contributed by atoms with Crippen LogP contribution in [0.1, 0.15) is 5.56 Å². The van der Waals surface area contributed by atoms with Crippen LogP contribution in [0.15, 0.2) is 56.3 Å². The number of thiocarbonyl (C=S) groups is 1. The van der Waals surface area contributed by atoms with Gasteiger partial charge in [-0.15, -0.1) is 0 Å². The molecule has 2 aromatic rings. The number of anilines is 1. The van der Waals surface area contributed by atoms with Gasteiger partial charge in [0.1, 0.15) is 4.99 Å². The van der Waals surface area contributed by atoms with Crippen molar-refractivity contribution in [2.45, 2.75) is 4.90 Å². The second-order valence-electron chi connectivity index (χ2n) is 4.12. The standard InChI is InChI=1S/C13H10Br2N2O2S2/c14-9-3-6-12(11(15)7-9)17-21(18,19)10-4-1-8(2-5-10)13(16)20/h1-7,17H,(H2,16,20). The first-order valence-electron chi connectivity index (χ1n) is 5.67. The predicted molar refractivity (Wildman–Crippen MR) is 95.0 cm³/mol. The molecule has 0 aliphatic rings. The van der Waals surface area contributed by atoms with Crippen LogP contribution in [0.25, 0.3) is 0 Å². The van der Waals surface area contributed by atoms with Gasteiger partial charge in [0.25, 0.3) is 10.0 Å². The number of hydrogen-bond acceptors (Lipinski definition) is 3. The monoisotopic (exact) mass is 448 g/mol. The molecule has 0 fully saturated rings. The molecular formula is C13H10Br2N2O2S2. The highest BCUT2D eigenvalue weighted by Gasteiger charge is 2.15. The van der Waals surface area contributed by atoms with Crippen molar-refractivity contribution in [2.24, 2.45) is 5.73 Å². The zero-order valence-corrected chi connectivity index (χ0v) is 15.3. The van der Waals surface area contributed by atoms with E-state index in [2.05, 4.69) is 36.6 Å². The van der Waals surface area contributed by atoms with Crippen molar-refractivity contribution in [1.29, 1.82) is 0 Å². The Morgan fingerprint density at radius 2 is 1.71 bits per heavy atom. The van der Waals surface area contributed by atoms with E-state index < -0.39 is 10.0 Å². The SMILES string of the molecule is NC(=S)c1ccc(S(=O)(=O)Nc2ccc(Br)cc2Br)cc1. The number of nitrogens with two attached hydrogens (primary N) is 1. The molecule has 0 saturated heterocycles.